The third kappa shape index (κ3) is 6.85. The molecule has 6 fully saturated rings. The molecule has 0 aliphatic heterocycles. The highest BCUT2D eigenvalue weighted by molar-refractivity contribution is 5.73. The molecule has 15 atom stereocenters. The van der Waals surface area contributed by atoms with Crippen molar-refractivity contribution in [3.63, 3.8) is 0 Å². The first-order valence-electron chi connectivity index (χ1n) is 27.0. The van der Waals surface area contributed by atoms with Gasteiger partial charge in [-0.2, -0.15) is 0 Å². The van der Waals surface area contributed by atoms with E-state index < -0.39 is 0 Å². The van der Waals surface area contributed by atoms with Crippen LogP contribution in [0.5, 0.6) is 23.0 Å². The molecule has 0 amide bonds. The summed E-state index contributed by atoms with van der Waals surface area (Å²) in [5, 5.41) is 67.9. The molecule has 0 heterocycles. The maximum Gasteiger partial charge on any atom is 0.311 e. The van der Waals surface area contributed by atoms with Gasteiger partial charge in [-0.05, 0) is 267 Å². The van der Waals surface area contributed by atoms with Crippen LogP contribution in [-0.2, 0) is 24.1 Å². The van der Waals surface area contributed by atoms with Crippen molar-refractivity contribution in [2.45, 2.75) is 198 Å². The molecule has 8 nitrogen and oxygen atoms in total. The third-order valence-corrected chi connectivity index (χ3v) is 22.1. The van der Waals surface area contributed by atoms with Gasteiger partial charge in [-0.3, -0.25) is 4.79 Å². The van der Waals surface area contributed by atoms with E-state index in [2.05, 4.69) is 20.8 Å². The Morgan fingerprint density at radius 3 is 1.36 bits per heavy atom. The van der Waals surface area contributed by atoms with Crippen LogP contribution >= 0.6 is 0 Å². The van der Waals surface area contributed by atoms with Gasteiger partial charge in [0.05, 0.1) is 18.3 Å². The van der Waals surface area contributed by atoms with E-state index in [1.807, 2.05) is 30.3 Å². The van der Waals surface area contributed by atoms with Gasteiger partial charge in [0.15, 0.2) is 0 Å². The van der Waals surface area contributed by atoms with Crippen molar-refractivity contribution < 1.29 is 40.2 Å². The van der Waals surface area contributed by atoms with Gasteiger partial charge in [-0.15, -0.1) is 0 Å². The maximum atomic E-state index is 14.3. The van der Waals surface area contributed by atoms with Crippen LogP contribution in [0, 0.1) is 51.8 Å². The van der Waals surface area contributed by atoms with Crippen molar-refractivity contribution in [3.05, 3.63) is 80.9 Å². The standard InChI is InChI=1S/C59H76O8/c1-57-22-19-41-38(46(57)13-16-50(57)63)10-7-31-25-34(60)28-44(54(31)41)37(45-29-35(61)26-32-8-11-39-42(55(32)45)20-23-58(2)47(39)14-17-51(58)64)5-4-6-53(66)67-49-30-36(62)27-33-9-12-40-43(56(33)49)21-24-59(3)48(40)15-18-52(59)65/h25-30,37-43,46-48,50-52,60-65H,4-24H2,1-3H3/t38-,39-,40-,41+,42+,43+,46+,47+,48+,50-,51-,52-,57+,58+,59+/m1/s1. The van der Waals surface area contributed by atoms with Crippen molar-refractivity contribution in [1.82, 2.24) is 0 Å². The van der Waals surface area contributed by atoms with Gasteiger partial charge in [0.25, 0.3) is 0 Å². The van der Waals surface area contributed by atoms with E-state index in [1.165, 1.54) is 22.3 Å². The molecule has 8 heteroatoms. The number of aryl methyl sites for hydroxylation is 3. The second kappa shape index (κ2) is 16.2. The lowest BCUT2D eigenvalue weighted by atomic mass is 9.53. The SMILES string of the molecule is C[C@]12CC[C@@H]3c4c(cc(O)cc4OC(=O)CCCC(c4cc(O)cc5c4[C@H]4CC[C@]6(C)[C@H](O)CC[C@H]6[C@@H]4CC5)c4cc(O)cc5c4[C@H]4CC[C@]6(C)[C@H](O)CC[C@H]6[C@@H]4CC5)CC[C@H]3[C@@H]1CC[C@H]2O. The average molecular weight is 913 g/mol. The summed E-state index contributed by atoms with van der Waals surface area (Å²) < 4.78 is 6.40. The lowest BCUT2D eigenvalue weighted by molar-refractivity contribution is -0.134. The van der Waals surface area contributed by atoms with E-state index in [0.717, 1.165) is 138 Å². The fraction of sp³-hybridized carbons (Fsp3) is 0.678. The number of rotatable bonds is 7. The highest BCUT2D eigenvalue weighted by Crippen LogP contribution is 2.66. The number of benzene rings is 3. The molecular weight excluding hydrogens is 837 g/mol. The summed E-state index contributed by atoms with van der Waals surface area (Å²) in [6.45, 7) is 6.93. The molecule has 0 spiro atoms. The first-order chi connectivity index (χ1) is 32.2. The second-order valence-corrected chi connectivity index (χ2v) is 24.8. The quantitative estimate of drug-likeness (QED) is 0.101. The Labute approximate surface area is 397 Å². The van der Waals surface area contributed by atoms with E-state index in [0.29, 0.717) is 65.9 Å². The van der Waals surface area contributed by atoms with E-state index in [-0.39, 0.29) is 76.0 Å². The molecule has 0 saturated heterocycles. The summed E-state index contributed by atoms with van der Waals surface area (Å²) in [6.07, 6.45) is 17.9. The minimum Gasteiger partial charge on any atom is -0.508 e. The van der Waals surface area contributed by atoms with Crippen LogP contribution in [0.25, 0.3) is 0 Å². The lowest BCUT2D eigenvalue weighted by Crippen LogP contribution is -2.44. The number of phenols is 3. The normalized spacial score (nSPS) is 40.0. The summed E-state index contributed by atoms with van der Waals surface area (Å²) in [6, 6.07) is 11.6. The molecule has 0 bridgehead atoms. The molecule has 0 radical (unpaired) electrons. The number of aromatic hydroxyl groups is 3. The number of phenolic OH excluding ortho intramolecular Hbond substituents is 3. The Hall–Kier alpha value is -3.59. The topological polar surface area (TPSA) is 148 Å². The largest absolute Gasteiger partial charge is 0.508 e. The van der Waals surface area contributed by atoms with E-state index in [4.69, 9.17) is 4.74 Å². The summed E-state index contributed by atoms with van der Waals surface area (Å²) >= 11 is 0. The summed E-state index contributed by atoms with van der Waals surface area (Å²) in [5.41, 5.74) is 9.43. The Kier molecular flexibility index (Phi) is 10.8. The summed E-state index contributed by atoms with van der Waals surface area (Å²) in [4.78, 5) is 14.3. The van der Waals surface area contributed by atoms with Crippen molar-refractivity contribution >= 4 is 5.97 Å². The van der Waals surface area contributed by atoms with E-state index in [9.17, 15) is 35.4 Å². The first kappa shape index (κ1) is 44.6. The Morgan fingerprint density at radius 2 is 0.925 bits per heavy atom. The lowest BCUT2D eigenvalue weighted by Gasteiger charge is -2.51. The van der Waals surface area contributed by atoms with Crippen LogP contribution in [0.4, 0.5) is 0 Å². The van der Waals surface area contributed by atoms with Crippen LogP contribution in [0.2, 0.25) is 0 Å². The van der Waals surface area contributed by atoms with Crippen molar-refractivity contribution in [1.29, 1.82) is 0 Å². The van der Waals surface area contributed by atoms with Crippen LogP contribution in [0.3, 0.4) is 0 Å². The van der Waals surface area contributed by atoms with Crippen LogP contribution in [-0.4, -0.2) is 54.9 Å². The first-order valence-corrected chi connectivity index (χ1v) is 27.0. The zero-order chi connectivity index (χ0) is 46.3. The van der Waals surface area contributed by atoms with Crippen LogP contribution < -0.4 is 4.74 Å². The van der Waals surface area contributed by atoms with Gasteiger partial charge in [0.1, 0.15) is 23.0 Å². The molecule has 6 saturated carbocycles. The van der Waals surface area contributed by atoms with Gasteiger partial charge < -0.3 is 35.4 Å². The zero-order valence-corrected chi connectivity index (χ0v) is 40.3. The highest BCUT2D eigenvalue weighted by atomic mass is 16.5. The smallest absolute Gasteiger partial charge is 0.311 e. The molecule has 67 heavy (non-hydrogen) atoms. The third-order valence-electron chi connectivity index (χ3n) is 22.1. The van der Waals surface area contributed by atoms with Crippen LogP contribution in [0.15, 0.2) is 36.4 Å². The average Bonchev–Trinajstić information content (AvgIpc) is 3.91. The molecule has 0 aromatic heterocycles. The fourth-order valence-electron chi connectivity index (χ4n) is 18.8. The maximum absolute atomic E-state index is 14.3. The zero-order valence-electron chi connectivity index (χ0n) is 40.3. The monoisotopic (exact) mass is 913 g/mol. The number of hydrogen-bond acceptors (Lipinski definition) is 8. The number of ether oxygens (including phenoxy) is 1. The Morgan fingerprint density at radius 1 is 0.537 bits per heavy atom. The Bertz CT molecular complexity index is 2360. The van der Waals surface area contributed by atoms with Crippen molar-refractivity contribution in [3.8, 4) is 23.0 Å². The van der Waals surface area contributed by atoms with E-state index in [1.54, 1.807) is 6.07 Å². The number of esters is 1. The highest BCUT2D eigenvalue weighted by Gasteiger charge is 2.58. The number of carbonyl (C=O) groups is 1. The van der Waals surface area contributed by atoms with Gasteiger partial charge in [0, 0.05) is 24.0 Å². The van der Waals surface area contributed by atoms with Gasteiger partial charge in [-0.25, -0.2) is 0 Å². The molecule has 6 N–H and O–H groups in total. The number of carbonyl (C=O) groups excluding carboxylic acids is 1. The predicted molar refractivity (Wildman–Crippen MR) is 258 cm³/mol. The van der Waals surface area contributed by atoms with Gasteiger partial charge >= 0.3 is 5.97 Å². The molecule has 0 unspecified atom stereocenters. The minimum absolute atomic E-state index is 0.0651. The van der Waals surface area contributed by atoms with Crippen molar-refractivity contribution in [2.24, 2.45) is 51.8 Å². The predicted octanol–water partition coefficient (Wildman–Crippen LogP) is 11.4. The number of fused-ring (bicyclic) bond motifs is 15. The fourth-order valence-corrected chi connectivity index (χ4v) is 18.8. The number of hydrogen-bond donors (Lipinski definition) is 6. The minimum atomic E-state index is -0.306. The molecule has 3 aromatic rings. The second-order valence-electron chi connectivity index (χ2n) is 24.8. The van der Waals surface area contributed by atoms with Crippen LogP contribution in [0.1, 0.15) is 205 Å². The number of aliphatic hydroxyl groups is 3. The number of aliphatic hydroxyl groups excluding tert-OH is 3. The summed E-state index contributed by atoms with van der Waals surface area (Å²) in [5.74, 6) is 4.24. The van der Waals surface area contributed by atoms with Crippen molar-refractivity contribution in [2.75, 3.05) is 0 Å². The van der Waals surface area contributed by atoms with Gasteiger partial charge in [-0.1, -0.05) is 20.8 Å². The van der Waals surface area contributed by atoms with E-state index >= 15 is 0 Å². The molecule has 9 aliphatic carbocycles. The van der Waals surface area contributed by atoms with Gasteiger partial charge in [0.2, 0.25) is 0 Å². The molecule has 12 rings (SSSR count). The molecular formula is C59H76O8. The Balaban J connectivity index is 0.891. The summed E-state index contributed by atoms with van der Waals surface area (Å²) in [7, 11) is 0. The molecule has 360 valence electrons. The molecule has 3 aromatic carbocycles. The molecule has 9 aliphatic rings.